The summed E-state index contributed by atoms with van der Waals surface area (Å²) < 4.78 is 5.17. The molecule has 2 atom stereocenters. The number of benzene rings is 1. The molecule has 3 nitrogen and oxygen atoms in total. The minimum absolute atomic E-state index is 0.238. The van der Waals surface area contributed by atoms with Crippen molar-refractivity contribution in [1.82, 2.24) is 0 Å². The average Bonchev–Trinajstić information content (AvgIpc) is 2.38. The fourth-order valence-electron chi connectivity index (χ4n) is 2.70. The molecule has 4 heteroatoms. The van der Waals surface area contributed by atoms with Crippen LogP contribution in [0.25, 0.3) is 0 Å². The van der Waals surface area contributed by atoms with E-state index in [4.69, 9.17) is 22.1 Å². The molecular formula is C14H21ClN2O. The van der Waals surface area contributed by atoms with Gasteiger partial charge >= 0.3 is 0 Å². The number of hydrogen-bond acceptors (Lipinski definition) is 3. The van der Waals surface area contributed by atoms with Crippen LogP contribution in [-0.4, -0.2) is 26.2 Å². The van der Waals surface area contributed by atoms with Gasteiger partial charge in [-0.1, -0.05) is 24.4 Å². The van der Waals surface area contributed by atoms with E-state index < -0.39 is 0 Å². The number of nitrogens with zero attached hydrogens (tertiary/aromatic N) is 1. The van der Waals surface area contributed by atoms with Crippen LogP contribution in [0.4, 0.5) is 5.69 Å². The molecule has 1 aromatic rings. The van der Waals surface area contributed by atoms with Crippen molar-refractivity contribution in [3.63, 3.8) is 0 Å². The number of ether oxygens (including phenoxy) is 1. The lowest BCUT2D eigenvalue weighted by Crippen LogP contribution is -2.48. The Morgan fingerprint density at radius 1 is 1.33 bits per heavy atom. The predicted molar refractivity (Wildman–Crippen MR) is 76.6 cm³/mol. The van der Waals surface area contributed by atoms with Crippen LogP contribution in [0.5, 0.6) is 5.75 Å². The van der Waals surface area contributed by atoms with Gasteiger partial charge in [0.05, 0.1) is 17.8 Å². The fraction of sp³-hybridized carbons (Fsp3) is 0.571. The molecule has 1 aliphatic carbocycles. The lowest BCUT2D eigenvalue weighted by atomic mass is 9.90. The normalized spacial score (nSPS) is 23.8. The highest BCUT2D eigenvalue weighted by atomic mass is 35.5. The standard InChI is InChI=1S/C14H21ClN2O/c1-17(14-6-4-3-5-12(14)16)13-8-7-10(18-2)9-11(13)15/h7-9,12,14H,3-6,16H2,1-2H3. The zero-order chi connectivity index (χ0) is 13.1. The van der Waals surface area contributed by atoms with Gasteiger partial charge in [-0.25, -0.2) is 0 Å². The number of likely N-dealkylation sites (N-methyl/N-ethyl adjacent to an activating group) is 1. The van der Waals surface area contributed by atoms with Gasteiger partial charge in [0.15, 0.2) is 0 Å². The van der Waals surface area contributed by atoms with Crippen LogP contribution >= 0.6 is 11.6 Å². The van der Waals surface area contributed by atoms with Gasteiger partial charge in [0.25, 0.3) is 0 Å². The van der Waals surface area contributed by atoms with Crippen molar-refractivity contribution in [2.24, 2.45) is 5.73 Å². The molecule has 2 N–H and O–H groups in total. The summed E-state index contributed by atoms with van der Waals surface area (Å²) in [6, 6.07) is 6.41. The second-order valence-electron chi connectivity index (χ2n) is 4.94. The molecule has 2 unspecified atom stereocenters. The summed E-state index contributed by atoms with van der Waals surface area (Å²) in [5, 5.41) is 0.717. The molecule has 0 heterocycles. The zero-order valence-corrected chi connectivity index (χ0v) is 11.8. The van der Waals surface area contributed by atoms with Gasteiger partial charge in [0.2, 0.25) is 0 Å². The Hall–Kier alpha value is -0.930. The van der Waals surface area contributed by atoms with Crippen LogP contribution in [-0.2, 0) is 0 Å². The smallest absolute Gasteiger partial charge is 0.120 e. The highest BCUT2D eigenvalue weighted by Gasteiger charge is 2.26. The van der Waals surface area contributed by atoms with Gasteiger partial charge < -0.3 is 15.4 Å². The number of hydrogen-bond donors (Lipinski definition) is 1. The zero-order valence-electron chi connectivity index (χ0n) is 11.0. The third-order valence-electron chi connectivity index (χ3n) is 3.81. The minimum Gasteiger partial charge on any atom is -0.497 e. The molecule has 18 heavy (non-hydrogen) atoms. The van der Waals surface area contributed by atoms with E-state index in [9.17, 15) is 0 Å². The SMILES string of the molecule is COc1ccc(N(C)C2CCCCC2N)c(Cl)c1. The van der Waals surface area contributed by atoms with Crippen molar-refractivity contribution >= 4 is 17.3 Å². The molecule has 0 spiro atoms. The first-order chi connectivity index (χ1) is 8.63. The van der Waals surface area contributed by atoms with Crippen LogP contribution in [0.1, 0.15) is 25.7 Å². The van der Waals surface area contributed by atoms with Crippen LogP contribution in [0.3, 0.4) is 0 Å². The van der Waals surface area contributed by atoms with E-state index in [0.717, 1.165) is 29.3 Å². The first-order valence-electron chi connectivity index (χ1n) is 6.45. The molecule has 2 rings (SSSR count). The van der Waals surface area contributed by atoms with Crippen molar-refractivity contribution in [3.05, 3.63) is 23.2 Å². The maximum absolute atomic E-state index is 6.31. The molecule has 0 aliphatic heterocycles. The van der Waals surface area contributed by atoms with Crippen LogP contribution in [0.2, 0.25) is 5.02 Å². The summed E-state index contributed by atoms with van der Waals surface area (Å²) in [6.07, 6.45) is 4.72. The highest BCUT2D eigenvalue weighted by Crippen LogP contribution is 2.33. The topological polar surface area (TPSA) is 38.5 Å². The van der Waals surface area contributed by atoms with Crippen LogP contribution < -0.4 is 15.4 Å². The molecule has 1 fully saturated rings. The van der Waals surface area contributed by atoms with Crippen molar-refractivity contribution in [2.75, 3.05) is 19.1 Å². The summed E-state index contributed by atoms with van der Waals surface area (Å²) in [7, 11) is 3.72. The average molecular weight is 269 g/mol. The van der Waals surface area contributed by atoms with Crippen LogP contribution in [0, 0.1) is 0 Å². The summed E-state index contributed by atoms with van der Waals surface area (Å²) in [5.41, 5.74) is 7.24. The molecule has 1 saturated carbocycles. The number of methoxy groups -OCH3 is 1. The minimum atomic E-state index is 0.238. The number of halogens is 1. The molecule has 1 aromatic carbocycles. The van der Waals surface area contributed by atoms with Crippen LogP contribution in [0.15, 0.2) is 18.2 Å². The second kappa shape index (κ2) is 5.81. The van der Waals surface area contributed by atoms with E-state index >= 15 is 0 Å². The maximum Gasteiger partial charge on any atom is 0.120 e. The molecule has 0 saturated heterocycles. The summed E-state index contributed by atoms with van der Waals surface area (Å²) in [6.45, 7) is 0. The molecule has 100 valence electrons. The molecule has 1 aliphatic rings. The monoisotopic (exact) mass is 268 g/mol. The first kappa shape index (κ1) is 13.5. The Morgan fingerprint density at radius 3 is 2.67 bits per heavy atom. The van der Waals surface area contributed by atoms with Crippen molar-refractivity contribution in [1.29, 1.82) is 0 Å². The summed E-state index contributed by atoms with van der Waals surface area (Å²) >= 11 is 6.31. The molecule has 0 radical (unpaired) electrons. The van der Waals surface area contributed by atoms with Gasteiger partial charge in [-0.3, -0.25) is 0 Å². The predicted octanol–water partition coefficient (Wildman–Crippen LogP) is 3.05. The van der Waals surface area contributed by atoms with E-state index in [-0.39, 0.29) is 6.04 Å². The van der Waals surface area contributed by atoms with Crippen molar-refractivity contribution in [3.8, 4) is 5.75 Å². The number of rotatable bonds is 3. The Labute approximate surface area is 114 Å². The lowest BCUT2D eigenvalue weighted by Gasteiger charge is -2.37. The quantitative estimate of drug-likeness (QED) is 0.916. The third kappa shape index (κ3) is 2.73. The first-order valence-corrected chi connectivity index (χ1v) is 6.83. The molecular weight excluding hydrogens is 248 g/mol. The van der Waals surface area contributed by atoms with E-state index in [1.165, 1.54) is 12.8 Å². The molecule has 0 aromatic heterocycles. The Kier molecular flexibility index (Phi) is 4.36. The summed E-state index contributed by atoms with van der Waals surface area (Å²) in [5.74, 6) is 0.782. The largest absolute Gasteiger partial charge is 0.497 e. The van der Waals surface area contributed by atoms with Crippen molar-refractivity contribution < 1.29 is 4.74 Å². The van der Waals surface area contributed by atoms with E-state index in [0.29, 0.717) is 6.04 Å². The van der Waals surface area contributed by atoms with Gasteiger partial charge in [0, 0.05) is 25.2 Å². The fourth-order valence-corrected chi connectivity index (χ4v) is 3.00. The number of nitrogens with two attached hydrogens (primary N) is 1. The molecule has 0 bridgehead atoms. The Morgan fingerprint density at radius 2 is 2.06 bits per heavy atom. The van der Waals surface area contributed by atoms with Gasteiger partial charge in [-0.05, 0) is 25.0 Å². The molecule has 0 amide bonds. The number of anilines is 1. The van der Waals surface area contributed by atoms with E-state index in [2.05, 4.69) is 11.9 Å². The Balaban J connectivity index is 2.19. The highest BCUT2D eigenvalue weighted by molar-refractivity contribution is 6.33. The van der Waals surface area contributed by atoms with Gasteiger partial charge in [-0.2, -0.15) is 0 Å². The summed E-state index contributed by atoms with van der Waals surface area (Å²) in [4.78, 5) is 2.21. The van der Waals surface area contributed by atoms with Gasteiger partial charge in [0.1, 0.15) is 5.75 Å². The van der Waals surface area contributed by atoms with Crippen molar-refractivity contribution in [2.45, 2.75) is 37.8 Å². The second-order valence-corrected chi connectivity index (χ2v) is 5.35. The van der Waals surface area contributed by atoms with E-state index in [1.807, 2.05) is 18.2 Å². The Bertz CT molecular complexity index is 411. The maximum atomic E-state index is 6.31. The third-order valence-corrected chi connectivity index (χ3v) is 4.12. The van der Waals surface area contributed by atoms with Gasteiger partial charge in [-0.15, -0.1) is 0 Å². The lowest BCUT2D eigenvalue weighted by molar-refractivity contribution is 0.373. The van der Waals surface area contributed by atoms with E-state index in [1.54, 1.807) is 7.11 Å².